The third-order valence-electron chi connectivity index (χ3n) is 4.65. The van der Waals surface area contributed by atoms with Crippen molar-refractivity contribution in [2.75, 3.05) is 23.7 Å². The number of hydrogen-bond acceptors (Lipinski definition) is 7. The van der Waals surface area contributed by atoms with Crippen LogP contribution in [0.5, 0.6) is 0 Å². The largest absolute Gasteiger partial charge is 0.417 e. The molecule has 3 heterocycles. The van der Waals surface area contributed by atoms with Crippen molar-refractivity contribution < 1.29 is 13.2 Å². The molecule has 0 saturated carbocycles. The smallest absolute Gasteiger partial charge is 0.368 e. The summed E-state index contributed by atoms with van der Waals surface area (Å²) in [7, 11) is 0. The maximum atomic E-state index is 12.6. The summed E-state index contributed by atoms with van der Waals surface area (Å²) >= 11 is 0. The lowest BCUT2D eigenvalue weighted by molar-refractivity contribution is -0.137. The maximum absolute atomic E-state index is 12.6. The zero-order valence-electron chi connectivity index (χ0n) is 17.1. The number of aromatic nitrogens is 5. The van der Waals surface area contributed by atoms with Gasteiger partial charge in [-0.05, 0) is 24.3 Å². The molecule has 0 radical (unpaired) electrons. The van der Waals surface area contributed by atoms with Gasteiger partial charge in [0.25, 0.3) is 0 Å². The van der Waals surface area contributed by atoms with Crippen molar-refractivity contribution >= 4 is 11.8 Å². The number of nitrogens with zero attached hydrogens (tertiary/aromatic N) is 5. The van der Waals surface area contributed by atoms with Crippen LogP contribution in [-0.2, 0) is 6.18 Å². The number of hydrogen-bond donors (Lipinski definition) is 3. The number of pyridine rings is 1. The van der Waals surface area contributed by atoms with Gasteiger partial charge >= 0.3 is 6.18 Å². The number of nitriles is 1. The van der Waals surface area contributed by atoms with Crippen LogP contribution in [0.4, 0.5) is 24.9 Å². The predicted octanol–water partition coefficient (Wildman–Crippen LogP) is 4.34. The summed E-state index contributed by atoms with van der Waals surface area (Å²) < 4.78 is 37.9. The van der Waals surface area contributed by atoms with E-state index in [2.05, 4.69) is 41.6 Å². The number of alkyl halides is 3. The summed E-state index contributed by atoms with van der Waals surface area (Å²) in [6.45, 7) is 0.771. The highest BCUT2D eigenvalue weighted by molar-refractivity contribution is 5.79. The molecular formula is C22H17F3N8. The molecule has 0 unspecified atom stereocenters. The van der Waals surface area contributed by atoms with Crippen molar-refractivity contribution in [3.8, 4) is 28.6 Å². The Morgan fingerprint density at radius 1 is 1.00 bits per heavy atom. The summed E-state index contributed by atoms with van der Waals surface area (Å²) in [5.41, 5.74) is 2.52. The second-order valence-electron chi connectivity index (χ2n) is 6.90. The number of nitrogens with one attached hydrogen (secondary N) is 3. The van der Waals surface area contributed by atoms with Crippen molar-refractivity contribution in [2.24, 2.45) is 0 Å². The molecule has 0 amide bonds. The van der Waals surface area contributed by atoms with Gasteiger partial charge in [-0.3, -0.25) is 0 Å². The molecule has 33 heavy (non-hydrogen) atoms. The van der Waals surface area contributed by atoms with Crippen LogP contribution in [-0.4, -0.2) is 38.0 Å². The van der Waals surface area contributed by atoms with Gasteiger partial charge in [0.1, 0.15) is 5.82 Å². The summed E-state index contributed by atoms with van der Waals surface area (Å²) in [6, 6.07) is 11.4. The second kappa shape index (κ2) is 9.35. The minimum Gasteiger partial charge on any atom is -0.368 e. The highest BCUT2D eigenvalue weighted by atomic mass is 19.4. The van der Waals surface area contributed by atoms with Crippen molar-refractivity contribution in [1.82, 2.24) is 24.9 Å². The third-order valence-corrected chi connectivity index (χ3v) is 4.65. The molecular weight excluding hydrogens is 433 g/mol. The minimum atomic E-state index is -4.42. The van der Waals surface area contributed by atoms with Crippen molar-refractivity contribution in [3.63, 3.8) is 0 Å². The summed E-state index contributed by atoms with van der Waals surface area (Å²) in [5.74, 6) is 0.687. The van der Waals surface area contributed by atoms with E-state index in [-0.39, 0.29) is 0 Å². The first-order valence-electron chi connectivity index (χ1n) is 9.81. The molecule has 8 nitrogen and oxygen atoms in total. The van der Waals surface area contributed by atoms with E-state index < -0.39 is 11.7 Å². The number of benzene rings is 1. The number of H-pyrrole nitrogens is 1. The molecule has 166 valence electrons. The number of rotatable bonds is 7. The first kappa shape index (κ1) is 21.8. The fourth-order valence-corrected chi connectivity index (χ4v) is 3.05. The molecule has 0 atom stereocenters. The molecule has 0 fully saturated rings. The van der Waals surface area contributed by atoms with Gasteiger partial charge in [0.15, 0.2) is 0 Å². The monoisotopic (exact) mass is 450 g/mol. The Balaban J connectivity index is 1.47. The van der Waals surface area contributed by atoms with Crippen LogP contribution in [0.15, 0.2) is 61.3 Å². The van der Waals surface area contributed by atoms with Crippen LogP contribution in [0.2, 0.25) is 0 Å². The quantitative estimate of drug-likeness (QED) is 0.359. The van der Waals surface area contributed by atoms with Gasteiger partial charge in [-0.1, -0.05) is 12.1 Å². The Morgan fingerprint density at radius 2 is 1.85 bits per heavy atom. The molecule has 11 heteroatoms. The number of halogens is 3. The molecule has 4 aromatic rings. The molecule has 3 aromatic heterocycles. The van der Waals surface area contributed by atoms with E-state index in [4.69, 9.17) is 0 Å². The van der Waals surface area contributed by atoms with E-state index in [9.17, 15) is 18.4 Å². The van der Waals surface area contributed by atoms with Crippen LogP contribution in [0.1, 0.15) is 11.1 Å². The Bertz CT molecular complexity index is 1260. The lowest BCUT2D eigenvalue weighted by Gasteiger charge is -2.12. The van der Waals surface area contributed by atoms with Crippen molar-refractivity contribution in [1.29, 1.82) is 5.26 Å². The maximum Gasteiger partial charge on any atom is 0.417 e. The standard InChI is InChI=1S/C22H17F3N8/c23-22(24,25)16-4-5-19(30-10-16)28-6-7-29-21-31-11-17(18-12-27-13-32-18)20(33-21)15-3-1-2-14(8-15)9-26/h1-5,8,10-13H,6-7H2,(H,27,32)(H,28,30)(H,29,31,33). The normalized spacial score (nSPS) is 11.1. The van der Waals surface area contributed by atoms with Crippen LogP contribution in [0.3, 0.4) is 0 Å². The van der Waals surface area contributed by atoms with Gasteiger partial charge in [0.05, 0.1) is 41.1 Å². The highest BCUT2D eigenvalue weighted by Crippen LogP contribution is 2.30. The van der Waals surface area contributed by atoms with Crippen LogP contribution in [0, 0.1) is 11.3 Å². The SMILES string of the molecule is N#Cc1cccc(-c2nc(NCCNc3ccc(C(F)(F)F)cn3)ncc2-c2cnc[nH]2)c1. The van der Waals surface area contributed by atoms with Gasteiger partial charge in [-0.25, -0.2) is 19.9 Å². The Kier molecular flexibility index (Phi) is 6.17. The fraction of sp³-hybridized carbons (Fsp3) is 0.136. The summed E-state index contributed by atoms with van der Waals surface area (Å²) in [6.07, 6.45) is 1.23. The van der Waals surface area contributed by atoms with E-state index in [0.717, 1.165) is 29.1 Å². The number of anilines is 2. The molecule has 3 N–H and O–H groups in total. The minimum absolute atomic E-state index is 0.328. The van der Waals surface area contributed by atoms with E-state index in [1.165, 1.54) is 6.07 Å². The first-order valence-corrected chi connectivity index (χ1v) is 9.81. The molecule has 1 aromatic carbocycles. The molecule has 4 rings (SSSR count). The Labute approximate surface area is 186 Å². The van der Waals surface area contributed by atoms with E-state index in [1.807, 2.05) is 6.07 Å². The van der Waals surface area contributed by atoms with E-state index in [1.54, 1.807) is 36.9 Å². The van der Waals surface area contributed by atoms with Crippen molar-refractivity contribution in [2.45, 2.75) is 6.18 Å². The van der Waals surface area contributed by atoms with Gasteiger partial charge in [0, 0.05) is 36.6 Å². The summed E-state index contributed by atoms with van der Waals surface area (Å²) in [4.78, 5) is 19.8. The molecule has 0 aliphatic heterocycles. The van der Waals surface area contributed by atoms with Gasteiger partial charge in [-0.2, -0.15) is 18.4 Å². The lowest BCUT2D eigenvalue weighted by atomic mass is 10.0. The average Bonchev–Trinajstić information content (AvgIpc) is 3.36. The van der Waals surface area contributed by atoms with Crippen molar-refractivity contribution in [3.05, 3.63) is 72.4 Å². The molecule has 0 saturated heterocycles. The molecule has 0 aliphatic carbocycles. The zero-order chi connectivity index (χ0) is 23.3. The molecule has 0 aliphatic rings. The van der Waals surface area contributed by atoms with E-state index in [0.29, 0.717) is 36.1 Å². The average molecular weight is 450 g/mol. The topological polar surface area (TPSA) is 115 Å². The zero-order valence-corrected chi connectivity index (χ0v) is 17.1. The van der Waals surface area contributed by atoms with Gasteiger partial charge < -0.3 is 15.6 Å². The fourth-order valence-electron chi connectivity index (χ4n) is 3.05. The van der Waals surface area contributed by atoms with E-state index >= 15 is 0 Å². The van der Waals surface area contributed by atoms with Crippen LogP contribution in [0.25, 0.3) is 22.5 Å². The predicted molar refractivity (Wildman–Crippen MR) is 116 cm³/mol. The molecule has 0 spiro atoms. The summed E-state index contributed by atoms with van der Waals surface area (Å²) in [5, 5.41) is 15.3. The Morgan fingerprint density at radius 3 is 2.55 bits per heavy atom. The van der Waals surface area contributed by atoms with Crippen LogP contribution < -0.4 is 10.6 Å². The first-order chi connectivity index (χ1) is 15.9. The van der Waals surface area contributed by atoms with Crippen LogP contribution >= 0.6 is 0 Å². The van der Waals surface area contributed by atoms with Gasteiger partial charge in [-0.15, -0.1) is 0 Å². The molecule has 0 bridgehead atoms. The number of aromatic amines is 1. The Hall–Kier alpha value is -4.46. The third kappa shape index (κ3) is 5.24. The second-order valence-corrected chi connectivity index (χ2v) is 6.90. The van der Waals surface area contributed by atoms with Gasteiger partial charge in [0.2, 0.25) is 5.95 Å². The lowest BCUT2D eigenvalue weighted by Crippen LogP contribution is -2.16. The highest BCUT2D eigenvalue weighted by Gasteiger charge is 2.30. The number of imidazole rings is 1.